The molecule has 2 heterocycles. The van der Waals surface area contributed by atoms with Crippen LogP contribution in [0.25, 0.3) is 0 Å². The molecule has 1 aliphatic carbocycles. The lowest BCUT2D eigenvalue weighted by atomic mass is 9.79. The van der Waals surface area contributed by atoms with Crippen molar-refractivity contribution in [2.75, 3.05) is 19.7 Å². The van der Waals surface area contributed by atoms with E-state index in [1.807, 2.05) is 0 Å². The minimum atomic E-state index is -0.139. The van der Waals surface area contributed by atoms with Gasteiger partial charge in [0, 0.05) is 31.3 Å². The van der Waals surface area contributed by atoms with Crippen molar-refractivity contribution in [3.05, 3.63) is 29.8 Å². The van der Waals surface area contributed by atoms with Crippen LogP contribution in [-0.2, 0) is 4.74 Å². The molecule has 1 aromatic carbocycles. The zero-order valence-corrected chi connectivity index (χ0v) is 17.0. The van der Waals surface area contributed by atoms with Crippen LogP contribution in [0.4, 0.5) is 0 Å². The fraction of sp³-hybridized carbons (Fsp3) is 0.739. The maximum absolute atomic E-state index is 6.34. The quantitative estimate of drug-likeness (QED) is 0.838. The van der Waals surface area contributed by atoms with Crippen LogP contribution in [0.2, 0.25) is 0 Å². The Morgan fingerprint density at radius 1 is 1.04 bits per heavy atom. The molecule has 2 atom stereocenters. The van der Waals surface area contributed by atoms with Crippen molar-refractivity contribution in [3.63, 3.8) is 0 Å². The van der Waals surface area contributed by atoms with Gasteiger partial charge >= 0.3 is 0 Å². The van der Waals surface area contributed by atoms with E-state index in [0.717, 1.165) is 44.1 Å². The second-order valence-corrected chi connectivity index (χ2v) is 9.41. The third-order valence-electron chi connectivity index (χ3n) is 6.96. The third-order valence-corrected chi connectivity index (χ3v) is 6.96. The van der Waals surface area contributed by atoms with Crippen molar-refractivity contribution in [3.8, 4) is 5.75 Å². The molecular formula is C23H36N2O2. The number of nitrogens with zero attached hydrogens (tertiary/aromatic N) is 1. The number of rotatable bonds is 5. The molecule has 150 valence electrons. The van der Waals surface area contributed by atoms with E-state index in [9.17, 15) is 0 Å². The molecule has 2 saturated heterocycles. The molecule has 1 saturated carbocycles. The molecular weight excluding hydrogens is 336 g/mol. The molecule has 2 aliphatic heterocycles. The lowest BCUT2D eigenvalue weighted by Crippen LogP contribution is -2.46. The fourth-order valence-electron chi connectivity index (χ4n) is 4.77. The first-order valence-corrected chi connectivity index (χ1v) is 10.9. The highest BCUT2D eigenvalue weighted by Crippen LogP contribution is 2.36. The van der Waals surface area contributed by atoms with Crippen molar-refractivity contribution >= 4 is 0 Å². The second kappa shape index (κ2) is 8.10. The zero-order chi connectivity index (χ0) is 18.9. The van der Waals surface area contributed by atoms with Gasteiger partial charge in [0.2, 0.25) is 0 Å². The molecule has 3 fully saturated rings. The van der Waals surface area contributed by atoms with Crippen LogP contribution in [0.1, 0.15) is 70.5 Å². The smallest absolute Gasteiger partial charge is 0.119 e. The summed E-state index contributed by atoms with van der Waals surface area (Å²) in [6.45, 7) is 7.45. The molecule has 1 aromatic rings. The summed E-state index contributed by atoms with van der Waals surface area (Å²) in [4.78, 5) is 2.67. The summed E-state index contributed by atoms with van der Waals surface area (Å²) < 4.78 is 12.3. The highest BCUT2D eigenvalue weighted by atomic mass is 16.5. The summed E-state index contributed by atoms with van der Waals surface area (Å²) in [6, 6.07) is 9.45. The van der Waals surface area contributed by atoms with Gasteiger partial charge in [0.05, 0.1) is 6.10 Å². The van der Waals surface area contributed by atoms with Gasteiger partial charge < -0.3 is 20.1 Å². The van der Waals surface area contributed by atoms with E-state index in [1.165, 1.54) is 37.9 Å². The Labute approximate surface area is 164 Å². The predicted octanol–water partition coefficient (Wildman–Crippen LogP) is 4.29. The third kappa shape index (κ3) is 4.67. The Morgan fingerprint density at radius 2 is 1.74 bits per heavy atom. The molecule has 2 N–H and O–H groups in total. The molecule has 0 amide bonds. The molecule has 27 heavy (non-hydrogen) atoms. The largest absolute Gasteiger partial charge is 0.490 e. The average molecular weight is 373 g/mol. The van der Waals surface area contributed by atoms with Gasteiger partial charge in [-0.05, 0) is 76.0 Å². The minimum Gasteiger partial charge on any atom is -0.490 e. The van der Waals surface area contributed by atoms with Gasteiger partial charge in [0.25, 0.3) is 0 Å². The normalized spacial score (nSPS) is 28.7. The first-order chi connectivity index (χ1) is 13.0. The minimum absolute atomic E-state index is 0.139. The van der Waals surface area contributed by atoms with E-state index in [0.29, 0.717) is 12.0 Å². The van der Waals surface area contributed by atoms with Crippen molar-refractivity contribution in [1.82, 2.24) is 4.90 Å². The maximum Gasteiger partial charge on any atom is 0.119 e. The topological polar surface area (TPSA) is 47.7 Å². The molecule has 0 aromatic heterocycles. The predicted molar refractivity (Wildman–Crippen MR) is 109 cm³/mol. The summed E-state index contributed by atoms with van der Waals surface area (Å²) >= 11 is 0. The van der Waals surface area contributed by atoms with E-state index in [-0.39, 0.29) is 11.6 Å². The molecule has 3 aliphatic rings. The van der Waals surface area contributed by atoms with E-state index in [1.54, 1.807) is 0 Å². The van der Waals surface area contributed by atoms with E-state index in [2.05, 4.69) is 43.0 Å². The van der Waals surface area contributed by atoms with Crippen molar-refractivity contribution in [2.24, 2.45) is 11.7 Å². The Kier molecular flexibility index (Phi) is 5.77. The molecule has 4 heteroatoms. The Balaban J connectivity index is 1.29. The van der Waals surface area contributed by atoms with Crippen molar-refractivity contribution < 1.29 is 9.47 Å². The van der Waals surface area contributed by atoms with Crippen LogP contribution in [0.3, 0.4) is 0 Å². The van der Waals surface area contributed by atoms with Gasteiger partial charge in [-0.2, -0.15) is 0 Å². The van der Waals surface area contributed by atoms with Crippen LogP contribution in [-0.4, -0.2) is 42.3 Å². The SMILES string of the molecule is CC(C)(N)C1CCOC(c2ccc(OC3CCN(C4CCC4)CC3)cc2)C1. The number of ether oxygens (including phenoxy) is 2. The van der Waals surface area contributed by atoms with E-state index >= 15 is 0 Å². The second-order valence-electron chi connectivity index (χ2n) is 9.41. The summed E-state index contributed by atoms with van der Waals surface area (Å²) in [5.41, 5.74) is 7.45. The number of piperidine rings is 1. The zero-order valence-electron chi connectivity index (χ0n) is 17.0. The summed E-state index contributed by atoms with van der Waals surface area (Å²) in [5, 5.41) is 0. The lowest BCUT2D eigenvalue weighted by Gasteiger charge is -2.41. The molecule has 4 nitrogen and oxygen atoms in total. The van der Waals surface area contributed by atoms with E-state index in [4.69, 9.17) is 15.2 Å². The number of hydrogen-bond donors (Lipinski definition) is 1. The van der Waals surface area contributed by atoms with Gasteiger partial charge in [-0.3, -0.25) is 0 Å². The summed E-state index contributed by atoms with van der Waals surface area (Å²) in [5.74, 6) is 1.50. The monoisotopic (exact) mass is 372 g/mol. The van der Waals surface area contributed by atoms with Gasteiger partial charge in [-0.1, -0.05) is 18.6 Å². The number of hydrogen-bond acceptors (Lipinski definition) is 4. The fourth-order valence-corrected chi connectivity index (χ4v) is 4.77. The highest BCUT2D eigenvalue weighted by Gasteiger charge is 2.32. The van der Waals surface area contributed by atoms with Crippen molar-refractivity contribution in [1.29, 1.82) is 0 Å². The van der Waals surface area contributed by atoms with Gasteiger partial charge in [0.15, 0.2) is 0 Å². The first-order valence-electron chi connectivity index (χ1n) is 10.9. The molecule has 0 bridgehead atoms. The molecule has 4 rings (SSSR count). The number of likely N-dealkylation sites (tertiary alicyclic amines) is 1. The first kappa shape index (κ1) is 19.2. The highest BCUT2D eigenvalue weighted by molar-refractivity contribution is 5.29. The Hall–Kier alpha value is -1.10. The number of nitrogens with two attached hydrogens (primary N) is 1. The van der Waals surface area contributed by atoms with Gasteiger partial charge in [-0.25, -0.2) is 0 Å². The maximum atomic E-state index is 6.34. The van der Waals surface area contributed by atoms with Crippen LogP contribution in [0.15, 0.2) is 24.3 Å². The van der Waals surface area contributed by atoms with Gasteiger partial charge in [-0.15, -0.1) is 0 Å². The van der Waals surface area contributed by atoms with Crippen molar-refractivity contribution in [2.45, 2.75) is 82.6 Å². The van der Waals surface area contributed by atoms with Crippen LogP contribution in [0, 0.1) is 5.92 Å². The van der Waals surface area contributed by atoms with Crippen LogP contribution < -0.4 is 10.5 Å². The lowest BCUT2D eigenvalue weighted by molar-refractivity contribution is -0.0249. The molecule has 2 unspecified atom stereocenters. The Morgan fingerprint density at radius 3 is 2.33 bits per heavy atom. The van der Waals surface area contributed by atoms with Crippen LogP contribution in [0.5, 0.6) is 5.75 Å². The van der Waals surface area contributed by atoms with E-state index < -0.39 is 0 Å². The molecule has 0 radical (unpaired) electrons. The summed E-state index contributed by atoms with van der Waals surface area (Å²) in [6.07, 6.45) is 9.10. The van der Waals surface area contributed by atoms with Crippen LogP contribution >= 0.6 is 0 Å². The number of benzene rings is 1. The molecule has 0 spiro atoms. The Bertz CT molecular complexity index is 598. The average Bonchev–Trinajstić information content (AvgIpc) is 2.62. The standard InChI is InChI=1S/C23H36N2O2/c1-23(2,24)18-12-15-26-22(16-18)17-6-8-20(9-7-17)27-21-10-13-25(14-11-21)19-4-3-5-19/h6-9,18-19,21-22H,3-5,10-16,24H2,1-2H3. The summed E-state index contributed by atoms with van der Waals surface area (Å²) in [7, 11) is 0. The van der Waals surface area contributed by atoms with Gasteiger partial charge in [0.1, 0.15) is 11.9 Å².